The van der Waals surface area contributed by atoms with Crippen molar-refractivity contribution in [1.82, 2.24) is 0 Å². The Morgan fingerprint density at radius 2 is 2.00 bits per heavy atom. The summed E-state index contributed by atoms with van der Waals surface area (Å²) in [5.41, 5.74) is 0. The molecule has 0 radical (unpaired) electrons. The van der Waals surface area contributed by atoms with Gasteiger partial charge in [0, 0.05) is 21.1 Å². The fourth-order valence-electron chi connectivity index (χ4n) is 0.402. The Morgan fingerprint density at radius 3 is 2.38 bits per heavy atom. The molecule has 8 heavy (non-hydrogen) atoms. The van der Waals surface area contributed by atoms with Gasteiger partial charge in [0.05, 0.1) is 0 Å². The van der Waals surface area contributed by atoms with Crippen LogP contribution in [0.25, 0.3) is 0 Å². The summed E-state index contributed by atoms with van der Waals surface area (Å²) >= 11 is 0. The van der Waals surface area contributed by atoms with E-state index >= 15 is 0 Å². The van der Waals surface area contributed by atoms with Gasteiger partial charge in [-0.05, 0) is 6.42 Å². The van der Waals surface area contributed by atoms with Crippen molar-refractivity contribution < 1.29 is 21.1 Å². The minimum Gasteiger partial charge on any atom is -0.340 e. The van der Waals surface area contributed by atoms with Crippen LogP contribution in [-0.4, -0.2) is 0 Å². The summed E-state index contributed by atoms with van der Waals surface area (Å²) in [6, 6.07) is 0. The average Bonchev–Trinajstić information content (AvgIpc) is 1.69. The summed E-state index contributed by atoms with van der Waals surface area (Å²) in [7, 11) is 0. The monoisotopic (exact) mass is 281 g/mol. The zero-order valence-electron chi connectivity index (χ0n) is 5.39. The maximum atomic E-state index is 3.67. The molecule has 0 aliphatic carbocycles. The molecule has 0 unspecified atom stereocenters. The van der Waals surface area contributed by atoms with Gasteiger partial charge in [0.1, 0.15) is 0 Å². The van der Waals surface area contributed by atoms with Crippen molar-refractivity contribution in [2.75, 3.05) is 0 Å². The van der Waals surface area contributed by atoms with E-state index in [2.05, 4.69) is 26.0 Å². The molecule has 0 bridgehead atoms. The molecule has 0 amide bonds. The molecule has 0 aromatic rings. The van der Waals surface area contributed by atoms with Crippen molar-refractivity contribution in [3.63, 3.8) is 0 Å². The normalized spacial score (nSPS) is 9.25. The van der Waals surface area contributed by atoms with E-state index in [9.17, 15) is 0 Å². The topological polar surface area (TPSA) is 0 Å². The summed E-state index contributed by atoms with van der Waals surface area (Å²) in [5.74, 6) is 0. The van der Waals surface area contributed by atoms with Crippen molar-refractivity contribution in [3.05, 3.63) is 19.1 Å². The van der Waals surface area contributed by atoms with Crippen molar-refractivity contribution in [2.24, 2.45) is 0 Å². The van der Waals surface area contributed by atoms with Crippen LogP contribution in [-0.2, 0) is 21.1 Å². The molecule has 0 heterocycles. The first-order valence-electron chi connectivity index (χ1n) is 2.86. The number of rotatable bonds is 3. The maximum Gasteiger partial charge on any atom is 0 e. The SMILES string of the molecule is [CH2-]C/C=C\CCC.[W]. The Labute approximate surface area is 66.6 Å². The summed E-state index contributed by atoms with van der Waals surface area (Å²) < 4.78 is 0. The molecular formula is C7H13W-. The van der Waals surface area contributed by atoms with Gasteiger partial charge in [-0.1, -0.05) is 19.4 Å². The predicted molar refractivity (Wildman–Crippen MR) is 34.0 cm³/mol. The van der Waals surface area contributed by atoms with Crippen LogP contribution in [0.5, 0.6) is 0 Å². The molecule has 0 aromatic carbocycles. The fourth-order valence-corrected chi connectivity index (χ4v) is 0.402. The van der Waals surface area contributed by atoms with E-state index < -0.39 is 0 Å². The average molecular weight is 281 g/mol. The van der Waals surface area contributed by atoms with E-state index in [0.29, 0.717) is 0 Å². The van der Waals surface area contributed by atoms with Crippen molar-refractivity contribution >= 4 is 0 Å². The van der Waals surface area contributed by atoms with Crippen LogP contribution < -0.4 is 0 Å². The maximum absolute atomic E-state index is 3.67. The Bertz CT molecular complexity index is 48.3. The third-order valence-electron chi connectivity index (χ3n) is 0.789. The summed E-state index contributed by atoms with van der Waals surface area (Å²) in [6.45, 7) is 5.84. The van der Waals surface area contributed by atoms with Crippen molar-refractivity contribution in [2.45, 2.75) is 26.2 Å². The van der Waals surface area contributed by atoms with Crippen LogP contribution >= 0.6 is 0 Å². The predicted octanol–water partition coefficient (Wildman–Crippen LogP) is 2.56. The van der Waals surface area contributed by atoms with Crippen molar-refractivity contribution in [3.8, 4) is 0 Å². The number of hydrogen-bond donors (Lipinski definition) is 0. The molecule has 0 spiro atoms. The minimum atomic E-state index is 0. The van der Waals surface area contributed by atoms with Gasteiger partial charge in [-0.2, -0.15) is 6.42 Å². The van der Waals surface area contributed by atoms with E-state index in [1.807, 2.05) is 0 Å². The minimum absolute atomic E-state index is 0. The molecule has 1 heteroatoms. The van der Waals surface area contributed by atoms with Crippen LogP contribution in [0, 0.1) is 6.92 Å². The number of hydrogen-bond acceptors (Lipinski definition) is 0. The van der Waals surface area contributed by atoms with Gasteiger partial charge >= 0.3 is 0 Å². The molecule has 0 N–H and O–H groups in total. The van der Waals surface area contributed by atoms with E-state index in [0.717, 1.165) is 6.42 Å². The molecule has 0 atom stereocenters. The molecule has 0 aliphatic rings. The zero-order chi connectivity index (χ0) is 5.54. The van der Waals surface area contributed by atoms with Gasteiger partial charge < -0.3 is 6.92 Å². The first kappa shape index (κ1) is 11.3. The van der Waals surface area contributed by atoms with E-state index in [1.54, 1.807) is 0 Å². The van der Waals surface area contributed by atoms with E-state index in [-0.39, 0.29) is 21.1 Å². The summed E-state index contributed by atoms with van der Waals surface area (Å²) in [4.78, 5) is 0. The number of unbranched alkanes of at least 4 members (excludes halogenated alkanes) is 1. The van der Waals surface area contributed by atoms with Gasteiger partial charge in [-0.25, -0.2) is 0 Å². The standard InChI is InChI=1S/C7H13.W/c1-3-5-7-6-4-2;/h5,7H,1,3-4,6H2,2H3;/q-1;/b7-5-;. The molecule has 0 aliphatic heterocycles. The second kappa shape index (κ2) is 10.4. The first-order chi connectivity index (χ1) is 3.41. The van der Waals surface area contributed by atoms with Crippen LogP contribution in [0.2, 0.25) is 0 Å². The molecule has 0 aromatic heterocycles. The Balaban J connectivity index is 0. The first-order valence-corrected chi connectivity index (χ1v) is 2.86. The quantitative estimate of drug-likeness (QED) is 0.551. The van der Waals surface area contributed by atoms with E-state index in [1.165, 1.54) is 12.8 Å². The largest absolute Gasteiger partial charge is 0.340 e. The molecule has 0 rings (SSSR count). The molecule has 0 saturated carbocycles. The Morgan fingerprint density at radius 1 is 1.38 bits per heavy atom. The summed E-state index contributed by atoms with van der Waals surface area (Å²) in [6.07, 6.45) is 7.66. The summed E-state index contributed by atoms with van der Waals surface area (Å²) in [5, 5.41) is 0. The molecule has 0 fully saturated rings. The second-order valence-corrected chi connectivity index (χ2v) is 1.55. The zero-order valence-corrected chi connectivity index (χ0v) is 8.32. The molecule has 0 saturated heterocycles. The third-order valence-corrected chi connectivity index (χ3v) is 0.789. The van der Waals surface area contributed by atoms with Gasteiger partial charge in [-0.15, -0.1) is 6.08 Å². The molecular weight excluding hydrogens is 268 g/mol. The van der Waals surface area contributed by atoms with E-state index in [4.69, 9.17) is 0 Å². The third kappa shape index (κ3) is 9.66. The van der Waals surface area contributed by atoms with Gasteiger partial charge in [0.15, 0.2) is 0 Å². The van der Waals surface area contributed by atoms with Crippen LogP contribution in [0.15, 0.2) is 12.2 Å². The van der Waals surface area contributed by atoms with Crippen molar-refractivity contribution in [1.29, 1.82) is 0 Å². The fraction of sp³-hybridized carbons (Fsp3) is 0.571. The van der Waals surface area contributed by atoms with Crippen LogP contribution in [0.3, 0.4) is 0 Å². The number of allylic oxidation sites excluding steroid dienone is 2. The van der Waals surface area contributed by atoms with Crippen LogP contribution in [0.4, 0.5) is 0 Å². The van der Waals surface area contributed by atoms with Crippen LogP contribution in [0.1, 0.15) is 26.2 Å². The molecule has 0 nitrogen and oxygen atoms in total. The van der Waals surface area contributed by atoms with Gasteiger partial charge in [-0.3, -0.25) is 0 Å². The smallest absolute Gasteiger partial charge is 0 e. The van der Waals surface area contributed by atoms with Gasteiger partial charge in [0.25, 0.3) is 0 Å². The second-order valence-electron chi connectivity index (χ2n) is 1.55. The Kier molecular flexibility index (Phi) is 14.7. The Hall–Kier alpha value is 0.428. The van der Waals surface area contributed by atoms with Gasteiger partial charge in [0.2, 0.25) is 0 Å². The molecule has 48 valence electrons.